The zero-order chi connectivity index (χ0) is 34.5. The molecule has 2 aromatic carbocycles. The summed E-state index contributed by atoms with van der Waals surface area (Å²) in [7, 11) is 4.36. The van der Waals surface area contributed by atoms with E-state index in [4.69, 9.17) is 0 Å². The van der Waals surface area contributed by atoms with Gasteiger partial charge in [-0.15, -0.1) is 10.2 Å². The molecule has 3 aromatic rings. The minimum absolute atomic E-state index is 0.00175. The van der Waals surface area contributed by atoms with Crippen molar-refractivity contribution in [1.29, 1.82) is 0 Å². The minimum Gasteiger partial charge on any atom is -0.326 e. The Labute approximate surface area is 304 Å². The van der Waals surface area contributed by atoms with E-state index in [-0.39, 0.29) is 23.2 Å². The van der Waals surface area contributed by atoms with Crippen LogP contribution >= 0.6 is 23.1 Å². The van der Waals surface area contributed by atoms with E-state index in [2.05, 4.69) is 97.7 Å². The van der Waals surface area contributed by atoms with Crippen LogP contribution in [0.5, 0.6) is 0 Å². The number of aromatic nitrogens is 2. The Morgan fingerprint density at radius 3 is 2.02 bits per heavy atom. The number of rotatable bonds is 10. The topological polar surface area (TPSA) is 115 Å². The lowest BCUT2D eigenvalue weighted by atomic mass is 9.82. The fourth-order valence-corrected chi connectivity index (χ4v) is 9.92. The van der Waals surface area contributed by atoms with Crippen LogP contribution in [0.3, 0.4) is 0 Å². The van der Waals surface area contributed by atoms with Gasteiger partial charge in [0.25, 0.3) is 0 Å². The Morgan fingerprint density at radius 2 is 1.38 bits per heavy atom. The molecule has 2 amide bonds. The number of hydrazone groups is 1. The van der Waals surface area contributed by atoms with E-state index in [0.717, 1.165) is 85.9 Å². The molecule has 10 nitrogen and oxygen atoms in total. The standard InChI is InChI=1S/C38H50N8O2S2/c1-45-16-12-27(13-17-45)29-8-3-6-25(20-29)22-33(47)39-37-43-41-35(49-37)31-10-5-11-32(24-31)36-42-44-38(50-36)40-34(48)23-26-7-4-9-30(21-26)28-14-18-46(2)19-15-28/h3-4,6-9,20-21,27-28,31-32,37,43H,5,10-19,22-24H2,1-2H3,(H,39,47)(H,40,44,48)/t31-,32-,37?/m0/s1. The molecule has 3 atom stereocenters. The van der Waals surface area contributed by atoms with Crippen molar-refractivity contribution in [3.8, 4) is 0 Å². The van der Waals surface area contributed by atoms with Crippen molar-refractivity contribution in [1.82, 2.24) is 30.7 Å². The van der Waals surface area contributed by atoms with Gasteiger partial charge >= 0.3 is 0 Å². The van der Waals surface area contributed by atoms with E-state index in [1.807, 2.05) is 6.07 Å². The van der Waals surface area contributed by atoms with Gasteiger partial charge in [0.15, 0.2) is 5.50 Å². The summed E-state index contributed by atoms with van der Waals surface area (Å²) in [5.41, 5.74) is 7.67. The summed E-state index contributed by atoms with van der Waals surface area (Å²) in [5, 5.41) is 22.2. The van der Waals surface area contributed by atoms with Gasteiger partial charge in [-0.3, -0.25) is 15.0 Å². The lowest BCUT2D eigenvalue weighted by molar-refractivity contribution is -0.120. The van der Waals surface area contributed by atoms with Gasteiger partial charge < -0.3 is 20.4 Å². The lowest BCUT2D eigenvalue weighted by Crippen LogP contribution is -2.39. The molecular formula is C38H50N8O2S2. The molecule has 266 valence electrons. The summed E-state index contributed by atoms with van der Waals surface area (Å²) in [5.74, 6) is 1.66. The van der Waals surface area contributed by atoms with Gasteiger partial charge in [-0.1, -0.05) is 78.1 Å². The highest BCUT2D eigenvalue weighted by atomic mass is 32.2. The number of nitrogens with zero attached hydrogens (tertiary/aromatic N) is 5. The van der Waals surface area contributed by atoms with Crippen molar-refractivity contribution >= 4 is 45.1 Å². The van der Waals surface area contributed by atoms with Crippen LogP contribution < -0.4 is 16.1 Å². The van der Waals surface area contributed by atoms with Crippen molar-refractivity contribution < 1.29 is 9.59 Å². The summed E-state index contributed by atoms with van der Waals surface area (Å²) in [4.78, 5) is 30.8. The number of nitrogens with one attached hydrogen (secondary N) is 3. The highest BCUT2D eigenvalue weighted by Crippen LogP contribution is 2.41. The minimum atomic E-state index is -0.261. The van der Waals surface area contributed by atoms with Gasteiger partial charge in [-0.25, -0.2) is 0 Å². The number of likely N-dealkylation sites (tertiary alicyclic amines) is 2. The van der Waals surface area contributed by atoms with Crippen molar-refractivity contribution in [2.24, 2.45) is 11.0 Å². The molecule has 1 unspecified atom stereocenters. The van der Waals surface area contributed by atoms with Gasteiger partial charge in [0.05, 0.1) is 12.8 Å². The van der Waals surface area contributed by atoms with Gasteiger partial charge in [-0.2, -0.15) is 5.10 Å². The molecule has 12 heteroatoms. The molecule has 1 saturated carbocycles. The van der Waals surface area contributed by atoms with E-state index in [1.54, 1.807) is 11.8 Å². The second-order valence-corrected chi connectivity index (χ2v) is 16.8. The van der Waals surface area contributed by atoms with Crippen molar-refractivity contribution in [3.05, 3.63) is 75.8 Å². The smallest absolute Gasteiger partial charge is 0.230 e. The zero-order valence-electron chi connectivity index (χ0n) is 29.3. The Balaban J connectivity index is 0.865. The highest BCUT2D eigenvalue weighted by molar-refractivity contribution is 8.14. The molecule has 7 rings (SSSR count). The second-order valence-electron chi connectivity index (χ2n) is 14.7. The Hall–Kier alpha value is -3.32. The third-order valence-electron chi connectivity index (χ3n) is 10.9. The molecule has 3 N–H and O–H groups in total. The molecule has 3 fully saturated rings. The van der Waals surface area contributed by atoms with Gasteiger partial charge in [0.2, 0.25) is 16.9 Å². The molecular weight excluding hydrogens is 665 g/mol. The van der Waals surface area contributed by atoms with Crippen molar-refractivity contribution in [2.75, 3.05) is 45.6 Å². The molecule has 0 spiro atoms. The Kier molecular flexibility index (Phi) is 11.5. The third kappa shape index (κ3) is 9.12. The number of amides is 2. The predicted molar refractivity (Wildman–Crippen MR) is 203 cm³/mol. The second kappa shape index (κ2) is 16.4. The first-order chi connectivity index (χ1) is 24.3. The first kappa shape index (κ1) is 35.1. The lowest BCUT2D eigenvalue weighted by Gasteiger charge is -2.29. The Morgan fingerprint density at radius 1 is 0.780 bits per heavy atom. The highest BCUT2D eigenvalue weighted by Gasteiger charge is 2.33. The van der Waals surface area contributed by atoms with Gasteiger partial charge in [0.1, 0.15) is 10.1 Å². The van der Waals surface area contributed by atoms with Crippen LogP contribution in [-0.4, -0.2) is 82.6 Å². The maximum Gasteiger partial charge on any atom is 0.230 e. The largest absolute Gasteiger partial charge is 0.326 e. The van der Waals surface area contributed by atoms with Gasteiger partial charge in [-0.05, 0) is 119 Å². The molecule has 1 aliphatic carbocycles. The SMILES string of the molecule is CN1CCC(c2cccc(CC(=O)Nc3nnc([C@H]4CCC[C@H](C5=NNC(NC(=O)Cc6cccc(C7CCN(C)CC7)c6)S5)C4)s3)c2)CC1. The van der Waals surface area contributed by atoms with Crippen LogP contribution in [-0.2, 0) is 22.4 Å². The number of piperidine rings is 2. The molecule has 3 aliphatic heterocycles. The third-order valence-corrected chi connectivity index (χ3v) is 13.0. The maximum absolute atomic E-state index is 13.0. The van der Waals surface area contributed by atoms with Crippen LogP contribution in [0.4, 0.5) is 5.13 Å². The maximum atomic E-state index is 13.0. The average molecular weight is 715 g/mol. The van der Waals surface area contributed by atoms with Crippen LogP contribution in [0, 0.1) is 5.92 Å². The quantitative estimate of drug-likeness (QED) is 0.238. The fraction of sp³-hybridized carbons (Fsp3) is 0.553. The molecule has 0 bridgehead atoms. The summed E-state index contributed by atoms with van der Waals surface area (Å²) >= 11 is 3.10. The number of thioether (sulfide) groups is 1. The monoisotopic (exact) mass is 714 g/mol. The van der Waals surface area contributed by atoms with E-state index in [0.29, 0.717) is 35.7 Å². The van der Waals surface area contributed by atoms with E-state index in [1.165, 1.54) is 35.3 Å². The van der Waals surface area contributed by atoms with Crippen molar-refractivity contribution in [3.63, 3.8) is 0 Å². The molecule has 4 aliphatic rings. The Bertz CT molecular complexity index is 1660. The number of carbonyl (C=O) groups is 2. The van der Waals surface area contributed by atoms with E-state index in [9.17, 15) is 9.59 Å². The van der Waals surface area contributed by atoms with Crippen LogP contribution in [0.1, 0.15) is 96.4 Å². The molecule has 1 aromatic heterocycles. The number of hydrogen-bond acceptors (Lipinski definition) is 10. The predicted octanol–water partition coefficient (Wildman–Crippen LogP) is 5.90. The fourth-order valence-electron chi connectivity index (χ4n) is 7.96. The van der Waals surface area contributed by atoms with Crippen LogP contribution in [0.2, 0.25) is 0 Å². The van der Waals surface area contributed by atoms with Crippen LogP contribution in [0.15, 0.2) is 53.6 Å². The first-order valence-electron chi connectivity index (χ1n) is 18.3. The summed E-state index contributed by atoms with van der Waals surface area (Å²) in [6.45, 7) is 4.49. The zero-order valence-corrected chi connectivity index (χ0v) is 30.9. The molecule has 0 radical (unpaired) electrons. The van der Waals surface area contributed by atoms with Crippen LogP contribution in [0.25, 0.3) is 0 Å². The summed E-state index contributed by atoms with van der Waals surface area (Å²) in [6, 6.07) is 17.1. The molecule has 50 heavy (non-hydrogen) atoms. The van der Waals surface area contributed by atoms with Gasteiger partial charge in [0, 0.05) is 11.8 Å². The average Bonchev–Trinajstić information content (AvgIpc) is 3.79. The van der Waals surface area contributed by atoms with E-state index < -0.39 is 0 Å². The van der Waals surface area contributed by atoms with Crippen molar-refractivity contribution in [2.45, 2.75) is 87.5 Å². The molecule has 2 saturated heterocycles. The normalized spacial score (nSPS) is 24.0. The number of anilines is 1. The molecule has 4 heterocycles. The first-order valence-corrected chi connectivity index (χ1v) is 20.0. The summed E-state index contributed by atoms with van der Waals surface area (Å²) < 4.78 is 0. The summed E-state index contributed by atoms with van der Waals surface area (Å²) in [6.07, 6.45) is 9.47. The van der Waals surface area contributed by atoms with E-state index >= 15 is 0 Å². The number of hydrogen-bond donors (Lipinski definition) is 3. The number of carbonyl (C=O) groups excluding carboxylic acids is 2. The number of benzene rings is 2.